The highest BCUT2D eigenvalue weighted by Gasteiger charge is 2.19. The van der Waals surface area contributed by atoms with E-state index in [-0.39, 0.29) is 12.6 Å². The van der Waals surface area contributed by atoms with Gasteiger partial charge in [-0.05, 0) is 46.0 Å². The van der Waals surface area contributed by atoms with Gasteiger partial charge in [0.05, 0.1) is 6.42 Å². The van der Waals surface area contributed by atoms with Gasteiger partial charge in [0, 0.05) is 6.61 Å². The van der Waals surface area contributed by atoms with Gasteiger partial charge < -0.3 is 9.84 Å². The van der Waals surface area contributed by atoms with Gasteiger partial charge in [0.1, 0.15) is 5.60 Å². The van der Waals surface area contributed by atoms with Crippen LogP contribution in [0.25, 0.3) is 0 Å². The highest BCUT2D eigenvalue weighted by Crippen LogP contribution is 2.25. The minimum atomic E-state index is -0.403. The molecule has 16 heavy (non-hydrogen) atoms. The number of aliphatic hydroxyl groups is 1. The van der Waals surface area contributed by atoms with Crippen LogP contribution in [-0.2, 0) is 9.53 Å². The quantitative estimate of drug-likeness (QED) is 0.594. The van der Waals surface area contributed by atoms with Crippen LogP contribution in [0.1, 0.15) is 46.5 Å². The van der Waals surface area contributed by atoms with Crippen molar-refractivity contribution in [3.8, 4) is 0 Å². The maximum Gasteiger partial charge on any atom is 0.310 e. The maximum absolute atomic E-state index is 11.6. The van der Waals surface area contributed by atoms with Crippen LogP contribution in [0.3, 0.4) is 0 Å². The van der Waals surface area contributed by atoms with Crippen LogP contribution in [0.2, 0.25) is 0 Å². The summed E-state index contributed by atoms with van der Waals surface area (Å²) in [5.74, 6) is 0.226. The normalized spacial score (nSPS) is 21.5. The average molecular weight is 226 g/mol. The molecule has 3 nitrogen and oxygen atoms in total. The number of carbonyl (C=O) groups excluding carboxylic acids is 1. The highest BCUT2D eigenvalue weighted by molar-refractivity contribution is 5.72. The number of ether oxygens (including phenoxy) is 1. The number of aliphatic hydroxyl groups excluding tert-OH is 1. The zero-order valence-electron chi connectivity index (χ0n) is 10.5. The Bertz CT molecular complexity index is 273. The van der Waals surface area contributed by atoms with E-state index in [1.54, 1.807) is 0 Å². The first kappa shape index (κ1) is 13.2. The molecule has 0 bridgehead atoms. The molecule has 0 fully saturated rings. The third-order valence-corrected chi connectivity index (χ3v) is 2.66. The van der Waals surface area contributed by atoms with Crippen molar-refractivity contribution in [3.05, 3.63) is 11.6 Å². The van der Waals surface area contributed by atoms with Gasteiger partial charge in [-0.25, -0.2) is 0 Å². The van der Waals surface area contributed by atoms with Crippen LogP contribution in [0.5, 0.6) is 0 Å². The Labute approximate surface area is 97.5 Å². The van der Waals surface area contributed by atoms with Crippen LogP contribution in [0.15, 0.2) is 11.6 Å². The van der Waals surface area contributed by atoms with Crippen LogP contribution in [-0.4, -0.2) is 23.3 Å². The number of rotatable bonds is 3. The standard InChI is InChI=1S/C13H22O3/c1-13(2,3)16-12(15)8-10-4-6-11(9-14)7-5-10/h4,11,14H,5-9H2,1-3H3/t11-/m0/s1. The predicted molar refractivity (Wildman–Crippen MR) is 63.0 cm³/mol. The largest absolute Gasteiger partial charge is 0.460 e. The number of carbonyl (C=O) groups is 1. The van der Waals surface area contributed by atoms with Crippen LogP contribution in [0.4, 0.5) is 0 Å². The SMILES string of the molecule is CC(C)(C)OC(=O)CC1=CC[C@H](CO)CC1. The summed E-state index contributed by atoms with van der Waals surface area (Å²) in [6.07, 6.45) is 5.24. The Morgan fingerprint density at radius 2 is 2.25 bits per heavy atom. The van der Waals surface area contributed by atoms with Crippen molar-refractivity contribution >= 4 is 5.97 Å². The predicted octanol–water partition coefficient (Wildman–Crippen LogP) is 2.44. The molecule has 0 radical (unpaired) electrons. The van der Waals surface area contributed by atoms with Gasteiger partial charge in [-0.15, -0.1) is 0 Å². The van der Waals surface area contributed by atoms with Gasteiger partial charge in [-0.3, -0.25) is 4.79 Å². The Hall–Kier alpha value is -0.830. The van der Waals surface area contributed by atoms with E-state index in [9.17, 15) is 4.79 Å². The first-order chi connectivity index (χ1) is 7.40. The monoisotopic (exact) mass is 226 g/mol. The van der Waals surface area contributed by atoms with Gasteiger partial charge in [0.2, 0.25) is 0 Å². The van der Waals surface area contributed by atoms with Crippen molar-refractivity contribution in [3.63, 3.8) is 0 Å². The fraction of sp³-hybridized carbons (Fsp3) is 0.769. The Morgan fingerprint density at radius 3 is 2.69 bits per heavy atom. The molecule has 0 aromatic carbocycles. The van der Waals surface area contributed by atoms with E-state index < -0.39 is 5.60 Å². The number of esters is 1. The van der Waals surface area contributed by atoms with E-state index in [0.29, 0.717) is 12.3 Å². The third-order valence-electron chi connectivity index (χ3n) is 2.66. The molecule has 0 aromatic rings. The zero-order chi connectivity index (χ0) is 12.2. The lowest BCUT2D eigenvalue weighted by Crippen LogP contribution is -2.24. The molecule has 0 saturated carbocycles. The number of hydrogen-bond acceptors (Lipinski definition) is 3. The summed E-state index contributed by atoms with van der Waals surface area (Å²) >= 11 is 0. The molecule has 0 saturated heterocycles. The maximum atomic E-state index is 11.6. The van der Waals surface area contributed by atoms with E-state index in [1.807, 2.05) is 20.8 Å². The molecule has 3 heteroatoms. The molecule has 0 unspecified atom stereocenters. The molecule has 1 rings (SSSR count). The molecule has 1 aliphatic carbocycles. The van der Waals surface area contributed by atoms with Crippen molar-refractivity contribution in [2.24, 2.45) is 5.92 Å². The molecule has 0 amide bonds. The second-order valence-electron chi connectivity index (χ2n) is 5.45. The summed E-state index contributed by atoms with van der Waals surface area (Å²) in [5.41, 5.74) is 0.749. The fourth-order valence-corrected chi connectivity index (χ4v) is 1.83. The fourth-order valence-electron chi connectivity index (χ4n) is 1.83. The second-order valence-corrected chi connectivity index (χ2v) is 5.45. The minimum absolute atomic E-state index is 0.152. The Morgan fingerprint density at radius 1 is 1.56 bits per heavy atom. The Balaban J connectivity index is 2.38. The zero-order valence-corrected chi connectivity index (χ0v) is 10.5. The Kier molecular flexibility index (Phi) is 4.54. The molecule has 0 spiro atoms. The van der Waals surface area contributed by atoms with Crippen molar-refractivity contribution in [2.45, 2.75) is 52.1 Å². The van der Waals surface area contributed by atoms with Crippen LogP contribution < -0.4 is 0 Å². The third kappa shape index (κ3) is 4.79. The van der Waals surface area contributed by atoms with Crippen molar-refractivity contribution < 1.29 is 14.6 Å². The molecule has 92 valence electrons. The summed E-state index contributed by atoms with van der Waals surface area (Å²) in [6.45, 7) is 5.88. The van der Waals surface area contributed by atoms with Gasteiger partial charge in [-0.2, -0.15) is 0 Å². The van der Waals surface area contributed by atoms with E-state index in [2.05, 4.69) is 6.08 Å². The molecule has 0 heterocycles. The molecular weight excluding hydrogens is 204 g/mol. The first-order valence-electron chi connectivity index (χ1n) is 5.91. The second kappa shape index (κ2) is 5.48. The first-order valence-corrected chi connectivity index (χ1v) is 5.91. The summed E-state index contributed by atoms with van der Waals surface area (Å²) in [5, 5.41) is 8.99. The molecular formula is C13H22O3. The van der Waals surface area contributed by atoms with Gasteiger partial charge in [-0.1, -0.05) is 11.6 Å². The molecule has 1 aliphatic rings. The van der Waals surface area contributed by atoms with Gasteiger partial charge >= 0.3 is 5.97 Å². The molecule has 0 aliphatic heterocycles. The molecule has 0 aromatic heterocycles. The number of hydrogen-bond donors (Lipinski definition) is 1. The van der Waals surface area contributed by atoms with E-state index in [1.165, 1.54) is 0 Å². The smallest absolute Gasteiger partial charge is 0.310 e. The lowest BCUT2D eigenvalue weighted by molar-refractivity contribution is -0.153. The van der Waals surface area contributed by atoms with Gasteiger partial charge in [0.25, 0.3) is 0 Å². The van der Waals surface area contributed by atoms with Crippen LogP contribution in [0, 0.1) is 5.92 Å². The average Bonchev–Trinajstić information content (AvgIpc) is 2.16. The van der Waals surface area contributed by atoms with E-state index in [4.69, 9.17) is 9.84 Å². The summed E-state index contributed by atoms with van der Waals surface area (Å²) in [4.78, 5) is 11.6. The lowest BCUT2D eigenvalue weighted by atomic mass is 9.89. The number of allylic oxidation sites excluding steroid dienone is 1. The highest BCUT2D eigenvalue weighted by atomic mass is 16.6. The minimum Gasteiger partial charge on any atom is -0.460 e. The lowest BCUT2D eigenvalue weighted by Gasteiger charge is -2.22. The van der Waals surface area contributed by atoms with E-state index >= 15 is 0 Å². The van der Waals surface area contributed by atoms with E-state index in [0.717, 1.165) is 24.8 Å². The summed E-state index contributed by atoms with van der Waals surface area (Å²) in [7, 11) is 0. The summed E-state index contributed by atoms with van der Waals surface area (Å²) < 4.78 is 5.26. The molecule has 1 atom stereocenters. The molecule has 1 N–H and O–H groups in total. The van der Waals surface area contributed by atoms with Crippen molar-refractivity contribution in [2.75, 3.05) is 6.61 Å². The van der Waals surface area contributed by atoms with Crippen molar-refractivity contribution in [1.82, 2.24) is 0 Å². The summed E-state index contributed by atoms with van der Waals surface area (Å²) in [6, 6.07) is 0. The van der Waals surface area contributed by atoms with Crippen molar-refractivity contribution in [1.29, 1.82) is 0 Å². The van der Waals surface area contributed by atoms with Crippen LogP contribution >= 0.6 is 0 Å². The topological polar surface area (TPSA) is 46.5 Å². The van der Waals surface area contributed by atoms with Gasteiger partial charge in [0.15, 0.2) is 0 Å².